The summed E-state index contributed by atoms with van der Waals surface area (Å²) in [5.74, 6) is 1.25. The average Bonchev–Trinajstić information content (AvgIpc) is 2.66. The van der Waals surface area contributed by atoms with E-state index in [-0.39, 0.29) is 30.3 Å². The van der Waals surface area contributed by atoms with Crippen molar-refractivity contribution in [1.82, 2.24) is 5.32 Å². The second-order valence-corrected chi connectivity index (χ2v) is 6.69. The van der Waals surface area contributed by atoms with E-state index < -0.39 is 6.04 Å². The zero-order valence-electron chi connectivity index (χ0n) is 15.9. The van der Waals surface area contributed by atoms with Gasteiger partial charge in [-0.05, 0) is 30.5 Å². The van der Waals surface area contributed by atoms with Crippen molar-refractivity contribution in [2.24, 2.45) is 5.73 Å². The third-order valence-corrected chi connectivity index (χ3v) is 5.09. The SMILES string of the molecule is COCC(N)C(=O)NCC1(c2ccc(OC)c(OC)c2)CCCCC1.Cl. The summed E-state index contributed by atoms with van der Waals surface area (Å²) in [6.45, 7) is 0.786. The highest BCUT2D eigenvalue weighted by molar-refractivity contribution is 5.85. The van der Waals surface area contributed by atoms with Crippen molar-refractivity contribution in [2.45, 2.75) is 43.6 Å². The van der Waals surface area contributed by atoms with Crippen molar-refractivity contribution in [3.8, 4) is 11.5 Å². The molecule has 7 heteroatoms. The number of nitrogens with one attached hydrogen (secondary N) is 1. The molecule has 0 aliphatic heterocycles. The summed E-state index contributed by atoms with van der Waals surface area (Å²) >= 11 is 0. The number of amides is 1. The molecular weight excluding hydrogens is 356 g/mol. The summed E-state index contributed by atoms with van der Waals surface area (Å²) < 4.78 is 15.8. The van der Waals surface area contributed by atoms with Gasteiger partial charge in [0.05, 0.1) is 20.8 Å². The van der Waals surface area contributed by atoms with Gasteiger partial charge in [0.15, 0.2) is 11.5 Å². The molecule has 2 rings (SSSR count). The molecule has 1 fully saturated rings. The molecule has 0 heterocycles. The minimum atomic E-state index is -0.643. The van der Waals surface area contributed by atoms with Crippen LogP contribution >= 0.6 is 12.4 Å². The second-order valence-electron chi connectivity index (χ2n) is 6.69. The van der Waals surface area contributed by atoms with E-state index in [0.717, 1.165) is 25.7 Å². The summed E-state index contributed by atoms with van der Waals surface area (Å²) in [6.07, 6.45) is 5.58. The van der Waals surface area contributed by atoms with E-state index in [1.54, 1.807) is 21.3 Å². The van der Waals surface area contributed by atoms with Crippen molar-refractivity contribution in [3.05, 3.63) is 23.8 Å². The van der Waals surface area contributed by atoms with E-state index in [0.29, 0.717) is 18.0 Å². The van der Waals surface area contributed by atoms with Crippen LogP contribution < -0.4 is 20.5 Å². The number of benzene rings is 1. The number of hydrogen-bond acceptors (Lipinski definition) is 5. The molecule has 1 aromatic rings. The first-order chi connectivity index (χ1) is 12.1. The fourth-order valence-electron chi connectivity index (χ4n) is 3.60. The summed E-state index contributed by atoms with van der Waals surface area (Å²) in [6, 6.07) is 5.40. The molecule has 0 aromatic heterocycles. The summed E-state index contributed by atoms with van der Waals surface area (Å²) in [5, 5.41) is 3.03. The molecule has 0 bridgehead atoms. The van der Waals surface area contributed by atoms with E-state index >= 15 is 0 Å². The lowest BCUT2D eigenvalue weighted by molar-refractivity contribution is -0.123. The molecule has 148 valence electrons. The largest absolute Gasteiger partial charge is 0.493 e. The smallest absolute Gasteiger partial charge is 0.239 e. The maximum Gasteiger partial charge on any atom is 0.239 e. The summed E-state index contributed by atoms with van der Waals surface area (Å²) in [7, 11) is 4.81. The van der Waals surface area contributed by atoms with E-state index in [2.05, 4.69) is 11.4 Å². The van der Waals surface area contributed by atoms with Crippen LogP contribution in [0.2, 0.25) is 0 Å². The molecule has 26 heavy (non-hydrogen) atoms. The third kappa shape index (κ3) is 5.25. The Morgan fingerprint density at radius 3 is 2.38 bits per heavy atom. The Balaban J connectivity index is 0.00000338. The summed E-state index contributed by atoms with van der Waals surface area (Å²) in [4.78, 5) is 12.2. The Kier molecular flexibility index (Phi) is 9.19. The lowest BCUT2D eigenvalue weighted by Gasteiger charge is -2.38. The maximum absolute atomic E-state index is 12.2. The van der Waals surface area contributed by atoms with Crippen LogP contribution in [0, 0.1) is 0 Å². The van der Waals surface area contributed by atoms with Gasteiger partial charge in [-0.3, -0.25) is 4.79 Å². The molecule has 1 aliphatic rings. The van der Waals surface area contributed by atoms with E-state index in [4.69, 9.17) is 19.9 Å². The summed E-state index contributed by atoms with van der Waals surface area (Å²) in [5.41, 5.74) is 6.91. The molecule has 1 saturated carbocycles. The van der Waals surface area contributed by atoms with E-state index in [9.17, 15) is 4.79 Å². The quantitative estimate of drug-likeness (QED) is 0.716. The predicted molar refractivity (Wildman–Crippen MR) is 104 cm³/mol. The first-order valence-electron chi connectivity index (χ1n) is 8.81. The normalized spacial score (nSPS) is 16.9. The molecule has 0 radical (unpaired) electrons. The molecular formula is C19H31ClN2O4. The van der Waals surface area contributed by atoms with Gasteiger partial charge in [-0.1, -0.05) is 25.3 Å². The van der Waals surface area contributed by atoms with E-state index in [1.807, 2.05) is 12.1 Å². The van der Waals surface area contributed by atoms with E-state index in [1.165, 1.54) is 12.0 Å². The van der Waals surface area contributed by atoms with Crippen molar-refractivity contribution in [3.63, 3.8) is 0 Å². The van der Waals surface area contributed by atoms with Crippen LogP contribution in [-0.2, 0) is 14.9 Å². The standard InChI is InChI=1S/C19H30N2O4.ClH/c1-23-12-15(20)18(22)21-13-19(9-5-4-6-10-19)14-7-8-16(24-2)17(11-14)25-3;/h7-8,11,15H,4-6,9-10,12-13,20H2,1-3H3,(H,21,22);1H. The lowest BCUT2D eigenvalue weighted by Crippen LogP contribution is -2.49. The molecule has 1 aromatic carbocycles. The van der Waals surface area contributed by atoms with Gasteiger partial charge in [0.1, 0.15) is 6.04 Å². The van der Waals surface area contributed by atoms with Gasteiger partial charge in [0.2, 0.25) is 5.91 Å². The second kappa shape index (κ2) is 10.6. The molecule has 3 N–H and O–H groups in total. The molecule has 1 aliphatic carbocycles. The molecule has 1 atom stereocenters. The molecule has 0 spiro atoms. The van der Waals surface area contributed by atoms with Crippen molar-refractivity contribution >= 4 is 18.3 Å². The van der Waals surface area contributed by atoms with Crippen LogP contribution in [0.4, 0.5) is 0 Å². The van der Waals surface area contributed by atoms with Crippen LogP contribution in [0.15, 0.2) is 18.2 Å². The minimum Gasteiger partial charge on any atom is -0.493 e. The third-order valence-electron chi connectivity index (χ3n) is 5.09. The number of halogens is 1. The zero-order valence-corrected chi connectivity index (χ0v) is 16.7. The van der Waals surface area contributed by atoms with Crippen LogP contribution in [0.3, 0.4) is 0 Å². The van der Waals surface area contributed by atoms with Gasteiger partial charge in [-0.25, -0.2) is 0 Å². The molecule has 1 unspecified atom stereocenters. The van der Waals surface area contributed by atoms with Gasteiger partial charge in [0, 0.05) is 19.1 Å². The highest BCUT2D eigenvalue weighted by atomic mass is 35.5. The van der Waals surface area contributed by atoms with Crippen molar-refractivity contribution in [1.29, 1.82) is 0 Å². The fraction of sp³-hybridized carbons (Fsp3) is 0.632. The topological polar surface area (TPSA) is 82.8 Å². The van der Waals surface area contributed by atoms with Gasteiger partial charge >= 0.3 is 0 Å². The van der Waals surface area contributed by atoms with Crippen LogP contribution in [0.5, 0.6) is 11.5 Å². The lowest BCUT2D eigenvalue weighted by atomic mass is 9.69. The number of rotatable bonds is 8. The Morgan fingerprint density at radius 1 is 1.15 bits per heavy atom. The Bertz CT molecular complexity index is 577. The minimum absolute atomic E-state index is 0. The highest BCUT2D eigenvalue weighted by Crippen LogP contribution is 2.42. The predicted octanol–water partition coefficient (Wildman–Crippen LogP) is 2.42. The number of ether oxygens (including phenoxy) is 3. The first-order valence-corrected chi connectivity index (χ1v) is 8.81. The maximum atomic E-state index is 12.2. The molecule has 6 nitrogen and oxygen atoms in total. The Hall–Kier alpha value is -1.50. The first kappa shape index (κ1) is 22.5. The van der Waals surface area contributed by atoms with Gasteiger partial charge in [0.25, 0.3) is 0 Å². The molecule has 0 saturated heterocycles. The number of hydrogen-bond donors (Lipinski definition) is 2. The average molecular weight is 387 g/mol. The van der Waals surface area contributed by atoms with Crippen LogP contribution in [0.1, 0.15) is 37.7 Å². The Labute approximate surface area is 162 Å². The van der Waals surface area contributed by atoms with Crippen molar-refractivity contribution in [2.75, 3.05) is 34.5 Å². The van der Waals surface area contributed by atoms with Gasteiger partial charge < -0.3 is 25.3 Å². The molecule has 1 amide bonds. The fourth-order valence-corrected chi connectivity index (χ4v) is 3.60. The monoisotopic (exact) mass is 386 g/mol. The van der Waals surface area contributed by atoms with Crippen molar-refractivity contribution < 1.29 is 19.0 Å². The van der Waals surface area contributed by atoms with Gasteiger partial charge in [-0.15, -0.1) is 12.4 Å². The zero-order chi connectivity index (χ0) is 18.3. The number of carbonyl (C=O) groups is 1. The number of methoxy groups -OCH3 is 3. The van der Waals surface area contributed by atoms with Crippen LogP contribution in [-0.4, -0.2) is 46.4 Å². The number of nitrogens with two attached hydrogens (primary N) is 1. The Morgan fingerprint density at radius 2 is 1.81 bits per heavy atom. The number of carbonyl (C=O) groups excluding carboxylic acids is 1. The van der Waals surface area contributed by atoms with Gasteiger partial charge in [-0.2, -0.15) is 0 Å². The highest BCUT2D eigenvalue weighted by Gasteiger charge is 2.35. The van der Waals surface area contributed by atoms with Crippen LogP contribution in [0.25, 0.3) is 0 Å².